The van der Waals surface area contributed by atoms with E-state index in [0.717, 1.165) is 0 Å². The van der Waals surface area contributed by atoms with E-state index in [-0.39, 0.29) is 24.9 Å². The van der Waals surface area contributed by atoms with Gasteiger partial charge in [0.1, 0.15) is 5.82 Å². The minimum Gasteiger partial charge on any atom is -0.395 e. The summed E-state index contributed by atoms with van der Waals surface area (Å²) in [7, 11) is 1.55. The summed E-state index contributed by atoms with van der Waals surface area (Å²) in [5.74, 6) is 0.386. The SMILES string of the molecule is COCCN(CCO)C(=O)c1n[nH]c(C)n1. The summed E-state index contributed by atoms with van der Waals surface area (Å²) in [6, 6.07) is 0. The van der Waals surface area contributed by atoms with Gasteiger partial charge < -0.3 is 14.7 Å². The zero-order valence-electron chi connectivity index (χ0n) is 9.43. The van der Waals surface area contributed by atoms with Crippen LogP contribution in [-0.2, 0) is 4.74 Å². The van der Waals surface area contributed by atoms with Crippen molar-refractivity contribution in [3.63, 3.8) is 0 Å². The Morgan fingerprint density at radius 1 is 1.56 bits per heavy atom. The summed E-state index contributed by atoms with van der Waals surface area (Å²) < 4.78 is 4.89. The van der Waals surface area contributed by atoms with Crippen LogP contribution in [0.15, 0.2) is 0 Å². The first-order valence-corrected chi connectivity index (χ1v) is 4.97. The lowest BCUT2D eigenvalue weighted by Crippen LogP contribution is -2.36. The number of H-pyrrole nitrogens is 1. The largest absolute Gasteiger partial charge is 0.395 e. The highest BCUT2D eigenvalue weighted by Gasteiger charge is 2.18. The van der Waals surface area contributed by atoms with E-state index < -0.39 is 0 Å². The van der Waals surface area contributed by atoms with Gasteiger partial charge in [0, 0.05) is 20.2 Å². The zero-order valence-corrected chi connectivity index (χ0v) is 9.43. The van der Waals surface area contributed by atoms with Gasteiger partial charge in [-0.25, -0.2) is 4.98 Å². The molecule has 0 aliphatic rings. The molecule has 0 radical (unpaired) electrons. The number of nitrogens with one attached hydrogen (secondary N) is 1. The summed E-state index contributed by atoms with van der Waals surface area (Å²) in [5, 5.41) is 15.2. The average molecular weight is 228 g/mol. The summed E-state index contributed by atoms with van der Waals surface area (Å²) in [6.07, 6.45) is 0. The molecule has 90 valence electrons. The standard InChI is InChI=1S/C9H16N4O3/c1-7-10-8(12-11-7)9(15)13(3-5-14)4-6-16-2/h14H,3-6H2,1-2H3,(H,10,11,12). The number of aliphatic hydroxyl groups is 1. The number of aliphatic hydroxyl groups excluding tert-OH is 1. The summed E-state index contributed by atoms with van der Waals surface area (Å²) in [6.45, 7) is 2.68. The molecule has 0 saturated heterocycles. The molecule has 1 aromatic rings. The quantitative estimate of drug-likeness (QED) is 0.664. The van der Waals surface area contributed by atoms with Gasteiger partial charge in [0.2, 0.25) is 5.82 Å². The van der Waals surface area contributed by atoms with E-state index in [4.69, 9.17) is 9.84 Å². The molecular formula is C9H16N4O3. The Hall–Kier alpha value is -1.47. The highest BCUT2D eigenvalue weighted by Crippen LogP contribution is 1.99. The normalized spacial score (nSPS) is 10.4. The summed E-state index contributed by atoms with van der Waals surface area (Å²) >= 11 is 0. The second-order valence-corrected chi connectivity index (χ2v) is 3.25. The number of aromatic nitrogens is 3. The van der Waals surface area contributed by atoms with Gasteiger partial charge in [0.05, 0.1) is 13.2 Å². The van der Waals surface area contributed by atoms with Crippen molar-refractivity contribution in [1.29, 1.82) is 0 Å². The fourth-order valence-corrected chi connectivity index (χ4v) is 1.22. The van der Waals surface area contributed by atoms with E-state index >= 15 is 0 Å². The highest BCUT2D eigenvalue weighted by molar-refractivity contribution is 5.90. The lowest BCUT2D eigenvalue weighted by Gasteiger charge is -2.19. The van der Waals surface area contributed by atoms with Crippen molar-refractivity contribution in [3.8, 4) is 0 Å². The van der Waals surface area contributed by atoms with Gasteiger partial charge in [-0.05, 0) is 6.92 Å². The molecule has 1 amide bonds. The van der Waals surface area contributed by atoms with Gasteiger partial charge in [-0.1, -0.05) is 0 Å². The molecule has 16 heavy (non-hydrogen) atoms. The molecule has 0 spiro atoms. The lowest BCUT2D eigenvalue weighted by atomic mass is 10.4. The van der Waals surface area contributed by atoms with Crippen LogP contribution in [0.3, 0.4) is 0 Å². The first-order valence-electron chi connectivity index (χ1n) is 4.97. The maximum absolute atomic E-state index is 11.9. The van der Waals surface area contributed by atoms with Crippen LogP contribution in [0, 0.1) is 6.92 Å². The molecular weight excluding hydrogens is 212 g/mol. The van der Waals surface area contributed by atoms with Gasteiger partial charge in [0.25, 0.3) is 5.91 Å². The molecule has 0 aromatic carbocycles. The van der Waals surface area contributed by atoms with Gasteiger partial charge in [-0.3, -0.25) is 9.89 Å². The minimum absolute atomic E-state index is 0.0984. The van der Waals surface area contributed by atoms with Crippen LogP contribution in [0.5, 0.6) is 0 Å². The maximum Gasteiger partial charge on any atom is 0.293 e. The van der Waals surface area contributed by atoms with Crippen molar-refractivity contribution in [3.05, 3.63) is 11.6 Å². The van der Waals surface area contributed by atoms with E-state index in [1.165, 1.54) is 4.90 Å². The van der Waals surface area contributed by atoms with E-state index in [0.29, 0.717) is 19.0 Å². The Labute approximate surface area is 93.4 Å². The van der Waals surface area contributed by atoms with Crippen LogP contribution in [-0.4, -0.2) is 64.5 Å². The Morgan fingerprint density at radius 2 is 2.31 bits per heavy atom. The average Bonchev–Trinajstić information content (AvgIpc) is 2.70. The number of methoxy groups -OCH3 is 1. The first kappa shape index (κ1) is 12.6. The number of aryl methyl sites for hydroxylation is 1. The fourth-order valence-electron chi connectivity index (χ4n) is 1.22. The monoisotopic (exact) mass is 228 g/mol. The second-order valence-electron chi connectivity index (χ2n) is 3.25. The summed E-state index contributed by atoms with van der Waals surface area (Å²) in [5.41, 5.74) is 0. The molecule has 7 nitrogen and oxygen atoms in total. The first-order chi connectivity index (χ1) is 7.69. The van der Waals surface area contributed by atoms with Crippen molar-refractivity contribution in [2.24, 2.45) is 0 Å². The predicted molar refractivity (Wildman–Crippen MR) is 56.0 cm³/mol. The lowest BCUT2D eigenvalue weighted by molar-refractivity contribution is 0.0645. The van der Waals surface area contributed by atoms with E-state index in [1.807, 2.05) is 0 Å². The fraction of sp³-hybridized carbons (Fsp3) is 0.667. The Bertz CT molecular complexity index is 339. The number of amides is 1. The number of ether oxygens (including phenoxy) is 1. The number of hydrogen-bond acceptors (Lipinski definition) is 5. The predicted octanol–water partition coefficient (Wildman–Crippen LogP) is -0.806. The number of carbonyl (C=O) groups excluding carboxylic acids is 1. The third kappa shape index (κ3) is 3.28. The number of rotatable bonds is 6. The van der Waals surface area contributed by atoms with Gasteiger partial charge in [0.15, 0.2) is 0 Å². The van der Waals surface area contributed by atoms with Gasteiger partial charge >= 0.3 is 0 Å². The van der Waals surface area contributed by atoms with Crippen molar-refractivity contribution in [2.45, 2.75) is 6.92 Å². The van der Waals surface area contributed by atoms with E-state index in [2.05, 4.69) is 15.2 Å². The van der Waals surface area contributed by atoms with Crippen LogP contribution >= 0.6 is 0 Å². The number of carbonyl (C=O) groups is 1. The molecule has 1 rings (SSSR count). The smallest absolute Gasteiger partial charge is 0.293 e. The number of nitrogens with zero attached hydrogens (tertiary/aromatic N) is 3. The molecule has 0 saturated carbocycles. The summed E-state index contributed by atoms with van der Waals surface area (Å²) in [4.78, 5) is 17.3. The third-order valence-electron chi connectivity index (χ3n) is 2.01. The van der Waals surface area contributed by atoms with Gasteiger partial charge in [-0.15, -0.1) is 5.10 Å². The Morgan fingerprint density at radius 3 is 2.81 bits per heavy atom. The molecule has 0 unspecified atom stereocenters. The van der Waals surface area contributed by atoms with E-state index in [9.17, 15) is 4.79 Å². The highest BCUT2D eigenvalue weighted by atomic mass is 16.5. The van der Waals surface area contributed by atoms with Crippen LogP contribution in [0.2, 0.25) is 0 Å². The van der Waals surface area contributed by atoms with Crippen molar-refractivity contribution in [2.75, 3.05) is 33.4 Å². The van der Waals surface area contributed by atoms with Gasteiger partial charge in [-0.2, -0.15) is 0 Å². The molecule has 7 heteroatoms. The van der Waals surface area contributed by atoms with Crippen molar-refractivity contribution >= 4 is 5.91 Å². The van der Waals surface area contributed by atoms with Crippen LogP contribution < -0.4 is 0 Å². The molecule has 1 heterocycles. The number of hydrogen-bond donors (Lipinski definition) is 2. The molecule has 1 aromatic heterocycles. The van der Waals surface area contributed by atoms with Crippen LogP contribution in [0.25, 0.3) is 0 Å². The second kappa shape index (κ2) is 6.19. The topological polar surface area (TPSA) is 91.3 Å². The Kier molecular flexibility index (Phi) is 4.87. The third-order valence-corrected chi connectivity index (χ3v) is 2.01. The molecule has 2 N–H and O–H groups in total. The van der Waals surface area contributed by atoms with Crippen LogP contribution in [0.4, 0.5) is 0 Å². The molecule has 0 bridgehead atoms. The Balaban J connectivity index is 2.66. The minimum atomic E-state index is -0.310. The van der Waals surface area contributed by atoms with E-state index in [1.54, 1.807) is 14.0 Å². The van der Waals surface area contributed by atoms with Crippen molar-refractivity contribution < 1.29 is 14.6 Å². The maximum atomic E-state index is 11.9. The zero-order chi connectivity index (χ0) is 12.0. The molecule has 0 fully saturated rings. The molecule has 0 aliphatic carbocycles. The molecule has 0 atom stereocenters. The van der Waals surface area contributed by atoms with Crippen molar-refractivity contribution in [1.82, 2.24) is 20.1 Å². The number of aromatic amines is 1. The van der Waals surface area contributed by atoms with Crippen LogP contribution in [0.1, 0.15) is 16.4 Å². The molecule has 0 aliphatic heterocycles.